The van der Waals surface area contributed by atoms with E-state index in [1.165, 1.54) is 6.08 Å². The maximum atomic E-state index is 12.9. The van der Waals surface area contributed by atoms with E-state index in [0.29, 0.717) is 0 Å². The van der Waals surface area contributed by atoms with Crippen molar-refractivity contribution < 1.29 is 13.2 Å². The Kier molecular flexibility index (Phi) is 3.28. The van der Waals surface area contributed by atoms with E-state index >= 15 is 0 Å². The van der Waals surface area contributed by atoms with Gasteiger partial charge in [0.2, 0.25) is 0 Å². The summed E-state index contributed by atoms with van der Waals surface area (Å²) in [6.45, 7) is 0. The van der Waals surface area contributed by atoms with Gasteiger partial charge in [-0.15, -0.1) is 0 Å². The Bertz CT molecular complexity index is 522. The minimum Gasteiger partial charge on any atom is -0.204 e. The maximum absolute atomic E-state index is 12.9. The van der Waals surface area contributed by atoms with E-state index in [0.717, 1.165) is 17.7 Å². The fraction of sp³-hybridized carbons (Fsp3) is 0. The molecule has 0 aromatic heterocycles. The van der Waals surface area contributed by atoms with E-state index < -0.39 is 17.5 Å². The average molecular weight is 234 g/mol. The summed E-state index contributed by atoms with van der Waals surface area (Å²) >= 11 is 0. The standard InChI is InChI=1S/C14H9F3/c15-12-8-11(9-13(16)14(12)17)7-6-10-4-2-1-3-5-10/h1-9H/b7-6+. The number of rotatable bonds is 2. The molecule has 0 aliphatic rings. The lowest BCUT2D eigenvalue weighted by atomic mass is 10.1. The highest BCUT2D eigenvalue weighted by molar-refractivity contribution is 5.69. The van der Waals surface area contributed by atoms with Gasteiger partial charge in [0, 0.05) is 0 Å². The normalized spacial score (nSPS) is 11.0. The van der Waals surface area contributed by atoms with Gasteiger partial charge >= 0.3 is 0 Å². The summed E-state index contributed by atoms with van der Waals surface area (Å²) in [5.41, 5.74) is 1.18. The highest BCUT2D eigenvalue weighted by Crippen LogP contribution is 2.15. The van der Waals surface area contributed by atoms with Crippen LogP contribution in [-0.2, 0) is 0 Å². The van der Waals surface area contributed by atoms with Gasteiger partial charge in [0.1, 0.15) is 0 Å². The fourth-order valence-electron chi connectivity index (χ4n) is 1.43. The van der Waals surface area contributed by atoms with Gasteiger partial charge in [-0.1, -0.05) is 42.5 Å². The third-order valence-corrected chi connectivity index (χ3v) is 2.27. The number of hydrogen-bond donors (Lipinski definition) is 0. The Balaban J connectivity index is 2.28. The van der Waals surface area contributed by atoms with Crippen LogP contribution in [0.2, 0.25) is 0 Å². The van der Waals surface area contributed by atoms with Gasteiger partial charge in [-0.2, -0.15) is 0 Å². The minimum atomic E-state index is -1.44. The van der Waals surface area contributed by atoms with Crippen LogP contribution in [0.4, 0.5) is 13.2 Å². The summed E-state index contributed by atoms with van der Waals surface area (Å²) in [6.07, 6.45) is 3.23. The quantitative estimate of drug-likeness (QED) is 0.537. The molecule has 0 N–H and O–H groups in total. The topological polar surface area (TPSA) is 0 Å². The Morgan fingerprint density at radius 3 is 1.82 bits per heavy atom. The second-order valence-electron chi connectivity index (χ2n) is 3.54. The van der Waals surface area contributed by atoms with Crippen LogP contribution in [0.5, 0.6) is 0 Å². The van der Waals surface area contributed by atoms with Gasteiger partial charge in [0.15, 0.2) is 17.5 Å². The first-order valence-corrected chi connectivity index (χ1v) is 5.04. The smallest absolute Gasteiger partial charge is 0.194 e. The Hall–Kier alpha value is -2.03. The van der Waals surface area contributed by atoms with Crippen molar-refractivity contribution in [2.75, 3.05) is 0 Å². The molecule has 0 unspecified atom stereocenters. The van der Waals surface area contributed by atoms with Gasteiger partial charge in [0.05, 0.1) is 0 Å². The van der Waals surface area contributed by atoms with Crippen molar-refractivity contribution >= 4 is 12.2 Å². The molecule has 0 fully saturated rings. The molecule has 0 saturated heterocycles. The zero-order valence-corrected chi connectivity index (χ0v) is 8.83. The lowest BCUT2D eigenvalue weighted by molar-refractivity contribution is 0.447. The number of hydrogen-bond acceptors (Lipinski definition) is 0. The summed E-state index contributed by atoms with van der Waals surface area (Å²) in [6, 6.07) is 11.2. The lowest BCUT2D eigenvalue weighted by Gasteiger charge is -1.98. The van der Waals surface area contributed by atoms with Gasteiger partial charge < -0.3 is 0 Å². The summed E-state index contributed by atoms with van der Waals surface area (Å²) in [5, 5.41) is 0. The van der Waals surface area contributed by atoms with Gasteiger partial charge in [-0.25, -0.2) is 13.2 Å². The molecule has 0 nitrogen and oxygen atoms in total. The van der Waals surface area contributed by atoms with Crippen LogP contribution in [0.15, 0.2) is 42.5 Å². The lowest BCUT2D eigenvalue weighted by Crippen LogP contribution is -1.90. The predicted molar refractivity (Wildman–Crippen MR) is 61.7 cm³/mol. The molecule has 2 aromatic carbocycles. The molecular weight excluding hydrogens is 225 g/mol. The molecule has 17 heavy (non-hydrogen) atoms. The molecule has 0 aliphatic carbocycles. The second kappa shape index (κ2) is 4.87. The van der Waals surface area contributed by atoms with Crippen LogP contribution < -0.4 is 0 Å². The second-order valence-corrected chi connectivity index (χ2v) is 3.54. The molecule has 0 spiro atoms. The fourth-order valence-corrected chi connectivity index (χ4v) is 1.43. The first kappa shape index (κ1) is 11.5. The first-order chi connectivity index (χ1) is 8.16. The van der Waals surface area contributed by atoms with E-state index in [1.807, 2.05) is 30.3 Å². The van der Waals surface area contributed by atoms with E-state index in [1.54, 1.807) is 6.08 Å². The van der Waals surface area contributed by atoms with Crippen molar-refractivity contribution in [1.82, 2.24) is 0 Å². The summed E-state index contributed by atoms with van der Waals surface area (Å²) < 4.78 is 38.5. The Morgan fingerprint density at radius 1 is 0.706 bits per heavy atom. The SMILES string of the molecule is Fc1cc(/C=C/c2ccccc2)cc(F)c1F. The molecule has 0 radical (unpaired) electrons. The Morgan fingerprint density at radius 2 is 1.24 bits per heavy atom. The number of benzene rings is 2. The van der Waals surface area contributed by atoms with Crippen molar-refractivity contribution in [3.63, 3.8) is 0 Å². The van der Waals surface area contributed by atoms with Crippen molar-refractivity contribution in [2.24, 2.45) is 0 Å². The van der Waals surface area contributed by atoms with Crippen molar-refractivity contribution in [3.8, 4) is 0 Å². The molecule has 0 heterocycles. The third kappa shape index (κ3) is 2.75. The zero-order valence-electron chi connectivity index (χ0n) is 8.83. The van der Waals surface area contributed by atoms with Crippen LogP contribution >= 0.6 is 0 Å². The van der Waals surface area contributed by atoms with Crippen molar-refractivity contribution in [3.05, 3.63) is 71.0 Å². The monoisotopic (exact) mass is 234 g/mol. The van der Waals surface area contributed by atoms with Gasteiger partial charge in [-0.05, 0) is 23.3 Å². The molecule has 0 amide bonds. The molecule has 0 atom stereocenters. The third-order valence-electron chi connectivity index (χ3n) is 2.27. The van der Waals surface area contributed by atoms with E-state index in [4.69, 9.17) is 0 Å². The van der Waals surface area contributed by atoms with Gasteiger partial charge in [-0.3, -0.25) is 0 Å². The molecule has 2 aromatic rings. The largest absolute Gasteiger partial charge is 0.204 e. The first-order valence-electron chi connectivity index (χ1n) is 5.04. The van der Waals surface area contributed by atoms with E-state index in [9.17, 15) is 13.2 Å². The highest BCUT2D eigenvalue weighted by atomic mass is 19.2. The molecular formula is C14H9F3. The van der Waals surface area contributed by atoms with Crippen LogP contribution in [0, 0.1) is 17.5 Å². The van der Waals surface area contributed by atoms with Gasteiger partial charge in [0.25, 0.3) is 0 Å². The molecule has 3 heteroatoms. The van der Waals surface area contributed by atoms with Crippen LogP contribution in [0.1, 0.15) is 11.1 Å². The van der Waals surface area contributed by atoms with Crippen molar-refractivity contribution in [1.29, 1.82) is 0 Å². The minimum absolute atomic E-state index is 0.283. The highest BCUT2D eigenvalue weighted by Gasteiger charge is 2.08. The molecule has 2 rings (SSSR count). The van der Waals surface area contributed by atoms with E-state index in [2.05, 4.69) is 0 Å². The number of halogens is 3. The van der Waals surface area contributed by atoms with Crippen molar-refractivity contribution in [2.45, 2.75) is 0 Å². The summed E-state index contributed by atoms with van der Waals surface area (Å²) in [5.74, 6) is -3.81. The average Bonchev–Trinajstić information content (AvgIpc) is 2.34. The van der Waals surface area contributed by atoms with Crippen LogP contribution in [-0.4, -0.2) is 0 Å². The Labute approximate surface area is 97.0 Å². The molecule has 0 saturated carbocycles. The van der Waals surface area contributed by atoms with Crippen LogP contribution in [0.25, 0.3) is 12.2 Å². The molecule has 0 bridgehead atoms. The van der Waals surface area contributed by atoms with Crippen LogP contribution in [0.3, 0.4) is 0 Å². The summed E-state index contributed by atoms with van der Waals surface area (Å²) in [7, 11) is 0. The molecule has 86 valence electrons. The predicted octanol–water partition coefficient (Wildman–Crippen LogP) is 4.27. The summed E-state index contributed by atoms with van der Waals surface area (Å²) in [4.78, 5) is 0. The van der Waals surface area contributed by atoms with E-state index in [-0.39, 0.29) is 5.56 Å². The zero-order chi connectivity index (χ0) is 12.3. The maximum Gasteiger partial charge on any atom is 0.194 e. The molecule has 0 aliphatic heterocycles.